The SMILES string of the molecule is C.CCc1cccc2ccc(-c3nnc4ccc([C@H](C)N5C[C@@H]6C[C@H]5CN6)cn34)nc12. The van der Waals surface area contributed by atoms with Gasteiger partial charge >= 0.3 is 0 Å². The number of piperazine rings is 1. The number of hydrogen-bond acceptors (Lipinski definition) is 5. The largest absolute Gasteiger partial charge is 0.311 e. The van der Waals surface area contributed by atoms with Gasteiger partial charge in [0.2, 0.25) is 0 Å². The molecule has 5 heterocycles. The van der Waals surface area contributed by atoms with Crippen LogP contribution in [0.1, 0.15) is 44.9 Å². The van der Waals surface area contributed by atoms with Gasteiger partial charge in [-0.15, -0.1) is 10.2 Å². The molecule has 3 aromatic heterocycles. The molecule has 2 bridgehead atoms. The number of rotatable bonds is 4. The Balaban J connectivity index is 0.00000204. The molecular weight excluding hydrogens is 384 g/mol. The molecule has 0 amide bonds. The van der Waals surface area contributed by atoms with Gasteiger partial charge in [-0.2, -0.15) is 0 Å². The number of likely N-dealkylation sites (tertiary alicyclic amines) is 1. The van der Waals surface area contributed by atoms with Gasteiger partial charge in [0.15, 0.2) is 11.5 Å². The summed E-state index contributed by atoms with van der Waals surface area (Å²) in [5, 5.41) is 13.7. The van der Waals surface area contributed by atoms with E-state index in [-0.39, 0.29) is 7.43 Å². The molecule has 2 saturated heterocycles. The van der Waals surface area contributed by atoms with Gasteiger partial charge in [0.25, 0.3) is 0 Å². The van der Waals surface area contributed by atoms with E-state index in [1.54, 1.807) is 0 Å². The van der Waals surface area contributed by atoms with Gasteiger partial charge in [0.1, 0.15) is 5.69 Å². The van der Waals surface area contributed by atoms with Crippen LogP contribution in [0.2, 0.25) is 0 Å². The summed E-state index contributed by atoms with van der Waals surface area (Å²) in [4.78, 5) is 7.61. The summed E-state index contributed by atoms with van der Waals surface area (Å²) < 4.78 is 2.10. The number of hydrogen-bond donors (Lipinski definition) is 1. The van der Waals surface area contributed by atoms with Crippen molar-refractivity contribution in [3.63, 3.8) is 0 Å². The molecule has 31 heavy (non-hydrogen) atoms. The quantitative estimate of drug-likeness (QED) is 0.541. The lowest BCUT2D eigenvalue weighted by Crippen LogP contribution is -2.44. The third-order valence-corrected chi connectivity index (χ3v) is 6.92. The maximum Gasteiger partial charge on any atom is 0.187 e. The van der Waals surface area contributed by atoms with Gasteiger partial charge in [-0.25, -0.2) is 4.98 Å². The average Bonchev–Trinajstić information content (AvgIpc) is 3.53. The van der Waals surface area contributed by atoms with Crippen LogP contribution in [-0.4, -0.2) is 49.7 Å². The van der Waals surface area contributed by atoms with Crippen LogP contribution < -0.4 is 5.32 Å². The van der Waals surface area contributed by atoms with E-state index in [0.29, 0.717) is 18.1 Å². The number of aromatic nitrogens is 4. The fourth-order valence-corrected chi connectivity index (χ4v) is 5.21. The molecule has 4 aromatic rings. The van der Waals surface area contributed by atoms with Crippen molar-refractivity contribution in [2.45, 2.75) is 52.2 Å². The Hall–Kier alpha value is -2.83. The zero-order valence-corrected chi connectivity index (χ0v) is 17.4. The molecule has 2 aliphatic heterocycles. The Morgan fingerprint density at radius 2 is 2.03 bits per heavy atom. The number of nitrogens with zero attached hydrogens (tertiary/aromatic N) is 5. The number of pyridine rings is 2. The molecule has 0 unspecified atom stereocenters. The minimum atomic E-state index is 0. The summed E-state index contributed by atoms with van der Waals surface area (Å²) in [6.07, 6.45) is 4.43. The van der Waals surface area contributed by atoms with E-state index in [4.69, 9.17) is 4.98 Å². The topological polar surface area (TPSA) is 58.4 Å². The Morgan fingerprint density at radius 1 is 1.13 bits per heavy atom. The van der Waals surface area contributed by atoms with Crippen LogP contribution in [0.15, 0.2) is 48.7 Å². The Labute approximate surface area is 183 Å². The molecule has 0 aliphatic carbocycles. The number of para-hydroxylation sites is 1. The monoisotopic (exact) mass is 414 g/mol. The predicted octanol–water partition coefficient (Wildman–Crippen LogP) is 4.25. The zero-order chi connectivity index (χ0) is 20.2. The lowest BCUT2D eigenvalue weighted by molar-refractivity contribution is 0.170. The first kappa shape index (κ1) is 20.1. The Morgan fingerprint density at radius 3 is 2.81 bits per heavy atom. The van der Waals surface area contributed by atoms with E-state index >= 15 is 0 Å². The van der Waals surface area contributed by atoms with Crippen molar-refractivity contribution >= 4 is 16.6 Å². The highest BCUT2D eigenvalue weighted by Crippen LogP contribution is 2.33. The van der Waals surface area contributed by atoms with E-state index < -0.39 is 0 Å². The second kappa shape index (κ2) is 7.70. The van der Waals surface area contributed by atoms with Crippen molar-refractivity contribution in [3.8, 4) is 11.5 Å². The summed E-state index contributed by atoms with van der Waals surface area (Å²) in [5.74, 6) is 0.802. The first-order chi connectivity index (χ1) is 14.7. The average molecular weight is 415 g/mol. The minimum absolute atomic E-state index is 0. The lowest BCUT2D eigenvalue weighted by atomic mass is 10.1. The summed E-state index contributed by atoms with van der Waals surface area (Å²) in [5.41, 5.74) is 5.34. The van der Waals surface area contributed by atoms with Crippen molar-refractivity contribution in [1.82, 2.24) is 29.8 Å². The van der Waals surface area contributed by atoms with Crippen LogP contribution in [0.5, 0.6) is 0 Å². The van der Waals surface area contributed by atoms with Gasteiger partial charge in [-0.05, 0) is 43.0 Å². The van der Waals surface area contributed by atoms with Crippen molar-refractivity contribution < 1.29 is 0 Å². The third-order valence-electron chi connectivity index (χ3n) is 6.92. The molecular formula is C25H30N6. The third kappa shape index (κ3) is 3.22. The van der Waals surface area contributed by atoms with E-state index in [2.05, 4.69) is 87.3 Å². The van der Waals surface area contributed by atoms with Gasteiger partial charge in [-0.1, -0.05) is 44.7 Å². The molecule has 1 N–H and O–H groups in total. The summed E-state index contributed by atoms with van der Waals surface area (Å²) in [7, 11) is 0. The Kier molecular flexibility index (Phi) is 4.99. The minimum Gasteiger partial charge on any atom is -0.311 e. The molecule has 0 saturated carbocycles. The number of fused-ring (bicyclic) bond motifs is 4. The number of nitrogens with one attached hydrogen (secondary N) is 1. The van der Waals surface area contributed by atoms with Crippen LogP contribution in [0.25, 0.3) is 28.1 Å². The second-order valence-electron chi connectivity index (χ2n) is 8.62. The van der Waals surface area contributed by atoms with E-state index in [1.165, 1.54) is 22.9 Å². The van der Waals surface area contributed by atoms with Crippen molar-refractivity contribution in [1.29, 1.82) is 0 Å². The normalized spacial score (nSPS) is 21.6. The highest BCUT2D eigenvalue weighted by atomic mass is 15.3. The molecule has 0 radical (unpaired) electrons. The molecule has 6 nitrogen and oxygen atoms in total. The molecule has 6 rings (SSSR count). The fourth-order valence-electron chi connectivity index (χ4n) is 5.21. The summed E-state index contributed by atoms with van der Waals surface area (Å²) in [6, 6.07) is 16.5. The first-order valence-corrected chi connectivity index (χ1v) is 10.9. The van der Waals surface area contributed by atoms with Crippen molar-refractivity contribution in [2.24, 2.45) is 0 Å². The molecule has 6 heteroatoms. The van der Waals surface area contributed by atoms with E-state index in [0.717, 1.165) is 42.2 Å². The predicted molar refractivity (Wildman–Crippen MR) is 125 cm³/mol. The summed E-state index contributed by atoms with van der Waals surface area (Å²) >= 11 is 0. The standard InChI is InChI=1S/C24H26N6.CH4/c1-3-16-5-4-6-17-7-9-21(26-23(16)17)24-28-27-22-10-8-18(13-30(22)24)15(2)29-14-19-11-20(29)12-25-19;/h4-10,13,15,19-20,25H,3,11-12,14H2,1-2H3;1H4/t15-,19-,20-;/m0./s1. The maximum absolute atomic E-state index is 4.98. The molecule has 2 fully saturated rings. The summed E-state index contributed by atoms with van der Waals surface area (Å²) in [6.45, 7) is 6.72. The molecule has 2 aliphatic rings. The van der Waals surface area contributed by atoms with E-state index in [1.807, 2.05) is 0 Å². The first-order valence-electron chi connectivity index (χ1n) is 10.9. The van der Waals surface area contributed by atoms with Gasteiger partial charge in [0, 0.05) is 42.8 Å². The molecule has 1 aromatic carbocycles. The van der Waals surface area contributed by atoms with E-state index in [9.17, 15) is 0 Å². The van der Waals surface area contributed by atoms with Crippen LogP contribution in [0.3, 0.4) is 0 Å². The number of aryl methyl sites for hydroxylation is 1. The zero-order valence-electron chi connectivity index (χ0n) is 17.4. The lowest BCUT2D eigenvalue weighted by Gasteiger charge is -2.33. The smallest absolute Gasteiger partial charge is 0.187 e. The number of benzene rings is 1. The van der Waals surface area contributed by atoms with Crippen molar-refractivity contribution in [2.75, 3.05) is 13.1 Å². The van der Waals surface area contributed by atoms with Crippen LogP contribution in [0, 0.1) is 0 Å². The molecule has 160 valence electrons. The molecule has 3 atom stereocenters. The maximum atomic E-state index is 4.98. The van der Waals surface area contributed by atoms with Gasteiger partial charge < -0.3 is 5.32 Å². The highest BCUT2D eigenvalue weighted by molar-refractivity contribution is 5.84. The van der Waals surface area contributed by atoms with Crippen LogP contribution in [0.4, 0.5) is 0 Å². The Bertz CT molecular complexity index is 1250. The van der Waals surface area contributed by atoms with Crippen LogP contribution >= 0.6 is 0 Å². The van der Waals surface area contributed by atoms with Gasteiger partial charge in [0.05, 0.1) is 5.52 Å². The van der Waals surface area contributed by atoms with Gasteiger partial charge in [-0.3, -0.25) is 9.30 Å². The van der Waals surface area contributed by atoms with Crippen molar-refractivity contribution in [3.05, 3.63) is 59.8 Å². The second-order valence-corrected chi connectivity index (χ2v) is 8.62. The molecule has 0 spiro atoms. The fraction of sp³-hybridized carbons (Fsp3) is 0.400. The highest BCUT2D eigenvalue weighted by Gasteiger charge is 2.40. The van der Waals surface area contributed by atoms with Crippen LogP contribution in [-0.2, 0) is 6.42 Å².